The van der Waals surface area contributed by atoms with Crippen LogP contribution in [0.25, 0.3) is 0 Å². The van der Waals surface area contributed by atoms with Crippen LogP contribution in [0.3, 0.4) is 0 Å². The monoisotopic (exact) mass is 440 g/mol. The second kappa shape index (κ2) is 17.6. The van der Waals surface area contributed by atoms with E-state index in [1.54, 1.807) is 0 Å². The van der Waals surface area contributed by atoms with Crippen LogP contribution in [0, 0.1) is 0 Å². The number of carboxylic acids is 4. The maximum Gasteiger partial charge on any atom is 1.00 e. The van der Waals surface area contributed by atoms with E-state index in [1.165, 1.54) is 0 Å². The Bertz CT molecular complexity index is 533. The van der Waals surface area contributed by atoms with Gasteiger partial charge in [0.05, 0.1) is 32.7 Å². The molecule has 0 aromatic heterocycles. The summed E-state index contributed by atoms with van der Waals surface area (Å²) in [5, 5.41) is 38.8. The zero-order valence-corrected chi connectivity index (χ0v) is 20.1. The molecule has 0 saturated carbocycles. The number of aliphatic carboxylic acids is 4. The van der Waals surface area contributed by atoms with Gasteiger partial charge in [-0.05, 0) is 0 Å². The molecule has 1 aliphatic heterocycles. The summed E-state index contributed by atoms with van der Waals surface area (Å²) in [6.45, 7) is -2.13. The maximum atomic E-state index is 10.6. The first-order valence-corrected chi connectivity index (χ1v) is 7.39. The summed E-state index contributed by atoms with van der Waals surface area (Å²) in [4.78, 5) is 64.4. The molecule has 14 nitrogen and oxygen atoms in total. The van der Waals surface area contributed by atoms with Gasteiger partial charge in [-0.1, -0.05) is 0 Å². The molecule has 0 bridgehead atoms. The first-order chi connectivity index (χ1) is 12.5. The Kier molecular flexibility index (Phi) is 19.7. The third-order valence-corrected chi connectivity index (χ3v) is 2.83. The third-order valence-electron chi connectivity index (χ3n) is 2.83. The minimum Gasteiger partial charge on any atom is -1.00 e. The molecule has 1 saturated heterocycles. The van der Waals surface area contributed by atoms with Crippen molar-refractivity contribution >= 4 is 35.8 Å². The van der Waals surface area contributed by atoms with Crippen LogP contribution in [-0.2, 0) is 24.0 Å². The molecular weight excluding hydrogens is 418 g/mol. The van der Waals surface area contributed by atoms with Gasteiger partial charge in [0.25, 0.3) is 0 Å². The first kappa shape index (κ1) is 32.4. The molecule has 0 aromatic rings. The van der Waals surface area contributed by atoms with Gasteiger partial charge in [-0.2, -0.15) is 0 Å². The van der Waals surface area contributed by atoms with Crippen LogP contribution in [-0.4, -0.2) is 112 Å². The molecule has 3 amide bonds. The average Bonchev–Trinajstić information content (AvgIpc) is 2.86. The zero-order valence-electron chi connectivity index (χ0n) is 18.1. The normalized spacial score (nSPS) is 11.9. The molecule has 0 radical (unpaired) electrons. The maximum absolute atomic E-state index is 10.6. The predicted octanol–water partition coefficient (Wildman–Crippen LogP) is -9.01. The number of rotatable bonds is 11. The van der Waals surface area contributed by atoms with Crippen molar-refractivity contribution in [3.05, 3.63) is 0 Å². The Morgan fingerprint density at radius 1 is 0.759 bits per heavy atom. The topological polar surface area (TPSA) is 214 Å². The van der Waals surface area contributed by atoms with Crippen LogP contribution < -0.4 is 69.7 Å². The van der Waals surface area contributed by atoms with Crippen molar-refractivity contribution < 1.29 is 111 Å². The summed E-state index contributed by atoms with van der Waals surface area (Å²) in [5.41, 5.74) is 0. The van der Waals surface area contributed by atoms with Crippen LogP contribution in [0.4, 0.5) is 4.79 Å². The molecule has 0 atom stereocenters. The van der Waals surface area contributed by atoms with E-state index in [1.807, 2.05) is 5.32 Å². The quantitative estimate of drug-likeness (QED) is 0.130. The van der Waals surface area contributed by atoms with Crippen molar-refractivity contribution in [1.29, 1.82) is 0 Å². The molecule has 0 unspecified atom stereocenters. The molecule has 1 fully saturated rings. The van der Waals surface area contributed by atoms with Crippen molar-refractivity contribution in [3.63, 3.8) is 0 Å². The fraction of sp³-hybridized carbons (Fsp3) is 0.538. The fourth-order valence-electron chi connectivity index (χ4n) is 1.85. The SMILES string of the molecule is O=C(O)CN(CCN(CC(=O)O)CC(=O)O)CC(=O)O.O=C1CNC(=O)N1.[H-].[H-].[Na+].[Na+]. The average molecular weight is 440 g/mol. The molecular formula is C13H22N4Na2O10. The van der Waals surface area contributed by atoms with Crippen molar-refractivity contribution in [2.24, 2.45) is 0 Å². The van der Waals surface area contributed by atoms with Crippen molar-refractivity contribution in [2.45, 2.75) is 0 Å². The molecule has 6 N–H and O–H groups in total. The van der Waals surface area contributed by atoms with Gasteiger partial charge in [-0.3, -0.25) is 39.1 Å². The Hall–Kier alpha value is -1.26. The van der Waals surface area contributed by atoms with E-state index in [0.717, 1.165) is 9.80 Å². The van der Waals surface area contributed by atoms with E-state index in [-0.39, 0.29) is 87.5 Å². The summed E-state index contributed by atoms with van der Waals surface area (Å²) in [5.74, 6) is -5.17. The Balaban J connectivity index is -0.000000175. The van der Waals surface area contributed by atoms with Gasteiger partial charge in [-0.25, -0.2) is 4.79 Å². The number of imide groups is 1. The van der Waals surface area contributed by atoms with Gasteiger partial charge in [0, 0.05) is 13.1 Å². The minimum absolute atomic E-state index is 0. The molecule has 1 aliphatic rings. The molecule has 29 heavy (non-hydrogen) atoms. The van der Waals surface area contributed by atoms with Crippen molar-refractivity contribution in [1.82, 2.24) is 20.4 Å². The number of nitrogens with one attached hydrogen (secondary N) is 2. The first-order valence-electron chi connectivity index (χ1n) is 7.39. The molecule has 1 heterocycles. The Labute approximate surface area is 212 Å². The second-order valence-electron chi connectivity index (χ2n) is 5.23. The van der Waals surface area contributed by atoms with Crippen LogP contribution in [0.15, 0.2) is 0 Å². The van der Waals surface area contributed by atoms with Crippen molar-refractivity contribution in [2.75, 3.05) is 45.8 Å². The van der Waals surface area contributed by atoms with E-state index in [0.29, 0.717) is 0 Å². The number of carboxylic acid groups (broad SMARTS) is 4. The van der Waals surface area contributed by atoms with E-state index < -0.39 is 56.1 Å². The van der Waals surface area contributed by atoms with E-state index >= 15 is 0 Å². The van der Waals surface area contributed by atoms with E-state index in [9.17, 15) is 28.8 Å². The van der Waals surface area contributed by atoms with Crippen LogP contribution in [0.1, 0.15) is 2.85 Å². The number of urea groups is 1. The summed E-state index contributed by atoms with van der Waals surface area (Å²) in [7, 11) is 0. The standard InChI is InChI=1S/C10H16N2O8.C3H4N2O2.2Na.2H/c13-7(14)3-11(4-8(15)16)1-2-12(5-9(17)18)6-10(19)20;6-2-1-4-3(7)5-2;;;;/h1-6H2,(H,13,14)(H,15,16)(H,17,18)(H,19,20);1H2,(H2,4,5,6,7);;;;/q;;2*+1;2*-1. The van der Waals surface area contributed by atoms with Crippen LogP contribution in [0.5, 0.6) is 0 Å². The van der Waals surface area contributed by atoms with E-state index in [4.69, 9.17) is 20.4 Å². The summed E-state index contributed by atoms with van der Waals surface area (Å²) < 4.78 is 0. The number of hydrogen-bond acceptors (Lipinski definition) is 8. The summed E-state index contributed by atoms with van der Waals surface area (Å²) in [6.07, 6.45) is 0. The van der Waals surface area contributed by atoms with E-state index in [2.05, 4.69) is 5.32 Å². The van der Waals surface area contributed by atoms with Gasteiger partial charge >= 0.3 is 89.0 Å². The predicted molar refractivity (Wildman–Crippen MR) is 87.2 cm³/mol. The number of hydrogen-bond donors (Lipinski definition) is 6. The number of nitrogens with zero attached hydrogens (tertiary/aromatic N) is 2. The molecule has 1 rings (SSSR count). The molecule has 0 aliphatic carbocycles. The molecule has 0 aromatic carbocycles. The molecule has 16 heteroatoms. The van der Waals surface area contributed by atoms with Gasteiger partial charge in [0.1, 0.15) is 0 Å². The van der Waals surface area contributed by atoms with Crippen LogP contribution >= 0.6 is 0 Å². The van der Waals surface area contributed by atoms with Gasteiger partial charge in [-0.15, -0.1) is 0 Å². The van der Waals surface area contributed by atoms with Crippen LogP contribution in [0.2, 0.25) is 0 Å². The second-order valence-corrected chi connectivity index (χ2v) is 5.23. The number of amides is 3. The van der Waals surface area contributed by atoms with Crippen molar-refractivity contribution in [3.8, 4) is 0 Å². The zero-order chi connectivity index (χ0) is 21.0. The Morgan fingerprint density at radius 3 is 1.21 bits per heavy atom. The summed E-state index contributed by atoms with van der Waals surface area (Å²) >= 11 is 0. The number of carbonyl (C=O) groups is 6. The van der Waals surface area contributed by atoms with Gasteiger partial charge < -0.3 is 28.6 Å². The number of carbonyl (C=O) groups excluding carboxylic acids is 2. The minimum atomic E-state index is -1.23. The third kappa shape index (κ3) is 19.8. The largest absolute Gasteiger partial charge is 1.00 e. The van der Waals surface area contributed by atoms with Gasteiger partial charge in [0.2, 0.25) is 5.91 Å². The fourth-order valence-corrected chi connectivity index (χ4v) is 1.85. The smallest absolute Gasteiger partial charge is 1.00 e. The summed E-state index contributed by atoms with van der Waals surface area (Å²) in [6, 6.07) is -0.398. The van der Waals surface area contributed by atoms with Gasteiger partial charge in [0.15, 0.2) is 0 Å². The molecule has 0 spiro atoms. The molecule has 156 valence electrons. The Morgan fingerprint density at radius 2 is 1.07 bits per heavy atom.